The van der Waals surface area contributed by atoms with Crippen molar-refractivity contribution in [3.05, 3.63) is 28.2 Å². The second kappa shape index (κ2) is 5.69. The molecule has 0 fully saturated rings. The van der Waals surface area contributed by atoms with Crippen LogP contribution in [0.25, 0.3) is 0 Å². The average molecular weight is 286 g/mol. The summed E-state index contributed by atoms with van der Waals surface area (Å²) in [5.74, 6) is 0.920. The van der Waals surface area contributed by atoms with Gasteiger partial charge in [-0.15, -0.1) is 0 Å². The molecule has 1 aromatic carbocycles. The standard InChI is InChI=1S/C13H20BrNO/c1-13(2,3)9-15-8-10-6-5-7-11(14)12(10)16-4/h5-7,15H,8-9H2,1-4H3. The van der Waals surface area contributed by atoms with E-state index in [4.69, 9.17) is 4.74 Å². The maximum Gasteiger partial charge on any atom is 0.137 e. The van der Waals surface area contributed by atoms with Crippen molar-refractivity contribution >= 4 is 15.9 Å². The van der Waals surface area contributed by atoms with Gasteiger partial charge in [0.15, 0.2) is 0 Å². The fraction of sp³-hybridized carbons (Fsp3) is 0.538. The highest BCUT2D eigenvalue weighted by molar-refractivity contribution is 9.10. The summed E-state index contributed by atoms with van der Waals surface area (Å²) in [6.45, 7) is 8.48. The molecule has 0 atom stereocenters. The number of rotatable bonds is 4. The highest BCUT2D eigenvalue weighted by atomic mass is 79.9. The predicted octanol–water partition coefficient (Wildman–Crippen LogP) is 3.59. The van der Waals surface area contributed by atoms with Gasteiger partial charge in [0.05, 0.1) is 11.6 Å². The van der Waals surface area contributed by atoms with Crippen molar-refractivity contribution in [1.29, 1.82) is 0 Å². The van der Waals surface area contributed by atoms with E-state index in [1.165, 1.54) is 5.56 Å². The first-order chi connectivity index (χ1) is 7.44. The van der Waals surface area contributed by atoms with Crippen LogP contribution in [0.4, 0.5) is 0 Å². The molecule has 0 heterocycles. The highest BCUT2D eigenvalue weighted by Gasteiger charge is 2.11. The SMILES string of the molecule is COc1c(Br)cccc1CNCC(C)(C)C. The smallest absolute Gasteiger partial charge is 0.137 e. The molecule has 16 heavy (non-hydrogen) atoms. The van der Waals surface area contributed by atoms with Gasteiger partial charge in [0.25, 0.3) is 0 Å². The molecule has 0 bridgehead atoms. The summed E-state index contributed by atoms with van der Waals surface area (Å²) in [5, 5.41) is 3.44. The van der Waals surface area contributed by atoms with Gasteiger partial charge in [0.2, 0.25) is 0 Å². The largest absolute Gasteiger partial charge is 0.495 e. The van der Waals surface area contributed by atoms with E-state index in [0.717, 1.165) is 23.3 Å². The normalized spacial score (nSPS) is 11.6. The van der Waals surface area contributed by atoms with Crippen LogP contribution in [0, 0.1) is 5.41 Å². The van der Waals surface area contributed by atoms with Gasteiger partial charge in [0, 0.05) is 18.7 Å². The summed E-state index contributed by atoms with van der Waals surface area (Å²) in [5.41, 5.74) is 1.49. The lowest BCUT2D eigenvalue weighted by molar-refractivity contribution is 0.372. The summed E-state index contributed by atoms with van der Waals surface area (Å²) < 4.78 is 6.38. The molecule has 0 aliphatic carbocycles. The molecule has 90 valence electrons. The van der Waals surface area contributed by atoms with Crippen molar-refractivity contribution in [2.45, 2.75) is 27.3 Å². The zero-order chi connectivity index (χ0) is 12.2. The third kappa shape index (κ3) is 4.14. The van der Waals surface area contributed by atoms with Gasteiger partial charge >= 0.3 is 0 Å². The molecule has 1 N–H and O–H groups in total. The topological polar surface area (TPSA) is 21.3 Å². The second-order valence-electron chi connectivity index (χ2n) is 5.10. The van der Waals surface area contributed by atoms with E-state index in [1.54, 1.807) is 7.11 Å². The Kier molecular flexibility index (Phi) is 4.81. The van der Waals surface area contributed by atoms with Gasteiger partial charge in [0.1, 0.15) is 5.75 Å². The Labute approximate surface area is 107 Å². The van der Waals surface area contributed by atoms with E-state index in [2.05, 4.69) is 48.1 Å². The minimum atomic E-state index is 0.305. The van der Waals surface area contributed by atoms with Crippen LogP contribution in [0.2, 0.25) is 0 Å². The highest BCUT2D eigenvalue weighted by Crippen LogP contribution is 2.28. The van der Waals surface area contributed by atoms with Crippen LogP contribution in [-0.4, -0.2) is 13.7 Å². The van der Waals surface area contributed by atoms with Crippen molar-refractivity contribution in [3.63, 3.8) is 0 Å². The van der Waals surface area contributed by atoms with Gasteiger partial charge in [-0.25, -0.2) is 0 Å². The Morgan fingerprint density at radius 1 is 1.31 bits per heavy atom. The van der Waals surface area contributed by atoms with Crippen LogP contribution in [0.3, 0.4) is 0 Å². The number of hydrogen-bond acceptors (Lipinski definition) is 2. The lowest BCUT2D eigenvalue weighted by Gasteiger charge is -2.19. The van der Waals surface area contributed by atoms with Gasteiger partial charge in [-0.2, -0.15) is 0 Å². The molecular weight excluding hydrogens is 266 g/mol. The molecule has 0 saturated carbocycles. The van der Waals surface area contributed by atoms with Gasteiger partial charge in [-0.3, -0.25) is 0 Å². The number of nitrogens with one attached hydrogen (secondary N) is 1. The third-order valence-electron chi connectivity index (χ3n) is 2.22. The molecule has 0 spiro atoms. The van der Waals surface area contributed by atoms with Crippen LogP contribution >= 0.6 is 15.9 Å². The molecule has 0 aliphatic heterocycles. The van der Waals surface area contributed by atoms with E-state index < -0.39 is 0 Å². The summed E-state index contributed by atoms with van der Waals surface area (Å²) >= 11 is 3.49. The molecule has 0 radical (unpaired) electrons. The van der Waals surface area contributed by atoms with Crippen molar-refractivity contribution in [2.75, 3.05) is 13.7 Å². The van der Waals surface area contributed by atoms with Crippen LogP contribution in [0.1, 0.15) is 26.3 Å². The Hall–Kier alpha value is -0.540. The van der Waals surface area contributed by atoms with E-state index in [1.807, 2.05) is 12.1 Å². The Morgan fingerprint density at radius 2 is 2.00 bits per heavy atom. The lowest BCUT2D eigenvalue weighted by Crippen LogP contribution is -2.26. The third-order valence-corrected chi connectivity index (χ3v) is 2.85. The van der Waals surface area contributed by atoms with Gasteiger partial charge in [-0.1, -0.05) is 32.9 Å². The summed E-state index contributed by atoms with van der Waals surface area (Å²) in [6.07, 6.45) is 0. The van der Waals surface area contributed by atoms with Crippen molar-refractivity contribution in [2.24, 2.45) is 5.41 Å². The minimum absolute atomic E-state index is 0.305. The van der Waals surface area contributed by atoms with Crippen LogP contribution < -0.4 is 10.1 Å². The van der Waals surface area contributed by atoms with E-state index in [-0.39, 0.29) is 0 Å². The zero-order valence-corrected chi connectivity index (χ0v) is 12.0. The fourth-order valence-corrected chi connectivity index (χ4v) is 2.06. The number of ether oxygens (including phenoxy) is 1. The lowest BCUT2D eigenvalue weighted by atomic mass is 9.97. The molecule has 0 aliphatic rings. The maximum absolute atomic E-state index is 5.37. The van der Waals surface area contributed by atoms with Crippen LogP contribution in [0.5, 0.6) is 5.75 Å². The fourth-order valence-electron chi connectivity index (χ4n) is 1.49. The van der Waals surface area contributed by atoms with Gasteiger partial charge < -0.3 is 10.1 Å². The predicted molar refractivity (Wildman–Crippen MR) is 71.9 cm³/mol. The average Bonchev–Trinajstić information content (AvgIpc) is 2.16. The monoisotopic (exact) mass is 285 g/mol. The van der Waals surface area contributed by atoms with E-state index in [0.29, 0.717) is 5.41 Å². The quantitative estimate of drug-likeness (QED) is 0.913. The Balaban J connectivity index is 2.64. The molecule has 3 heteroatoms. The zero-order valence-electron chi connectivity index (χ0n) is 10.4. The van der Waals surface area contributed by atoms with Crippen molar-refractivity contribution in [1.82, 2.24) is 5.32 Å². The second-order valence-corrected chi connectivity index (χ2v) is 5.95. The molecule has 2 nitrogen and oxygen atoms in total. The maximum atomic E-state index is 5.37. The first kappa shape index (κ1) is 13.5. The molecular formula is C13H20BrNO. The minimum Gasteiger partial charge on any atom is -0.495 e. The van der Waals surface area contributed by atoms with Crippen LogP contribution in [-0.2, 0) is 6.54 Å². The van der Waals surface area contributed by atoms with Gasteiger partial charge in [-0.05, 0) is 27.4 Å². The molecule has 0 amide bonds. The molecule has 1 aromatic rings. The summed E-state index contributed by atoms with van der Waals surface area (Å²) in [6, 6.07) is 6.10. The number of hydrogen-bond donors (Lipinski definition) is 1. The van der Waals surface area contributed by atoms with Crippen molar-refractivity contribution in [3.8, 4) is 5.75 Å². The first-order valence-electron chi connectivity index (χ1n) is 5.46. The van der Waals surface area contributed by atoms with Crippen LogP contribution in [0.15, 0.2) is 22.7 Å². The number of para-hydroxylation sites is 1. The number of methoxy groups -OCH3 is 1. The van der Waals surface area contributed by atoms with Crippen molar-refractivity contribution < 1.29 is 4.74 Å². The number of halogens is 1. The van der Waals surface area contributed by atoms with E-state index in [9.17, 15) is 0 Å². The molecule has 0 aromatic heterocycles. The Bertz CT molecular complexity index is 344. The Morgan fingerprint density at radius 3 is 2.56 bits per heavy atom. The number of benzene rings is 1. The summed E-state index contributed by atoms with van der Waals surface area (Å²) in [4.78, 5) is 0. The first-order valence-corrected chi connectivity index (χ1v) is 6.25. The molecule has 0 saturated heterocycles. The summed E-state index contributed by atoms with van der Waals surface area (Å²) in [7, 11) is 1.70. The molecule has 0 unspecified atom stereocenters. The molecule has 1 rings (SSSR count). The van der Waals surface area contributed by atoms with E-state index >= 15 is 0 Å².